The van der Waals surface area contributed by atoms with Crippen LogP contribution >= 0.6 is 0 Å². The molecule has 2 aromatic carbocycles. The van der Waals surface area contributed by atoms with Crippen LogP contribution in [0.3, 0.4) is 0 Å². The number of tetrazole rings is 1. The summed E-state index contributed by atoms with van der Waals surface area (Å²) in [5.74, 6) is -1.56. The summed E-state index contributed by atoms with van der Waals surface area (Å²) in [4.78, 5) is 11.3. The number of carbonyl (C=O) groups is 1. The van der Waals surface area contributed by atoms with Gasteiger partial charge in [0.2, 0.25) is 0 Å². The standard InChI is InChI=1S/C18H16FN5O4S/c1-10-20-22-23-24(10)13-5-6-15(19)16(9-13)21-29(27,28)17-8-12(18(25)26)7-11-3-2-4-14(11)17/h5-9,21H,2-4H2,1H3,(H,25,26). The maximum Gasteiger partial charge on any atom is 0.335 e. The normalized spacial score (nSPS) is 13.3. The Balaban J connectivity index is 1.77. The first-order chi connectivity index (χ1) is 13.8. The molecule has 0 saturated carbocycles. The van der Waals surface area contributed by atoms with Gasteiger partial charge in [-0.3, -0.25) is 4.72 Å². The molecule has 0 fully saturated rings. The molecule has 150 valence electrons. The summed E-state index contributed by atoms with van der Waals surface area (Å²) in [6, 6.07) is 6.40. The third-order valence-electron chi connectivity index (χ3n) is 4.77. The summed E-state index contributed by atoms with van der Waals surface area (Å²) in [7, 11) is -4.23. The van der Waals surface area contributed by atoms with E-state index < -0.39 is 21.8 Å². The first kappa shape index (κ1) is 19.0. The molecular weight excluding hydrogens is 401 g/mol. The van der Waals surface area contributed by atoms with Crippen molar-refractivity contribution in [3.8, 4) is 5.69 Å². The van der Waals surface area contributed by atoms with E-state index in [2.05, 4.69) is 20.2 Å². The van der Waals surface area contributed by atoms with E-state index in [0.29, 0.717) is 35.5 Å². The van der Waals surface area contributed by atoms with Crippen molar-refractivity contribution in [1.29, 1.82) is 0 Å². The molecule has 4 rings (SSSR count). The van der Waals surface area contributed by atoms with E-state index in [-0.39, 0.29) is 16.1 Å². The largest absolute Gasteiger partial charge is 0.478 e. The van der Waals surface area contributed by atoms with Crippen molar-refractivity contribution in [2.24, 2.45) is 0 Å². The summed E-state index contributed by atoms with van der Waals surface area (Å²) in [6.07, 6.45) is 1.84. The molecule has 0 saturated heterocycles. The summed E-state index contributed by atoms with van der Waals surface area (Å²) in [6.45, 7) is 1.65. The number of aromatic carboxylic acids is 1. The van der Waals surface area contributed by atoms with Crippen molar-refractivity contribution in [3.05, 3.63) is 58.7 Å². The fourth-order valence-electron chi connectivity index (χ4n) is 3.42. The number of carboxylic acid groups (broad SMARTS) is 1. The van der Waals surface area contributed by atoms with Crippen molar-refractivity contribution < 1.29 is 22.7 Å². The number of hydrogen-bond acceptors (Lipinski definition) is 6. The van der Waals surface area contributed by atoms with Crippen LogP contribution in [0, 0.1) is 12.7 Å². The molecule has 1 aromatic heterocycles. The van der Waals surface area contributed by atoms with Crippen LogP contribution in [0.5, 0.6) is 0 Å². The molecule has 3 aromatic rings. The van der Waals surface area contributed by atoms with Crippen molar-refractivity contribution in [1.82, 2.24) is 20.2 Å². The van der Waals surface area contributed by atoms with Crippen LogP contribution in [-0.4, -0.2) is 39.7 Å². The molecule has 0 aliphatic heterocycles. The Labute approximate surface area is 165 Å². The van der Waals surface area contributed by atoms with Crippen LogP contribution in [0.2, 0.25) is 0 Å². The minimum absolute atomic E-state index is 0.121. The van der Waals surface area contributed by atoms with E-state index in [1.54, 1.807) is 6.92 Å². The van der Waals surface area contributed by atoms with Crippen LogP contribution in [-0.2, 0) is 22.9 Å². The fraction of sp³-hybridized carbons (Fsp3) is 0.222. The van der Waals surface area contributed by atoms with E-state index in [0.717, 1.165) is 18.6 Å². The van der Waals surface area contributed by atoms with E-state index in [1.807, 2.05) is 0 Å². The van der Waals surface area contributed by atoms with Gasteiger partial charge in [0.15, 0.2) is 5.82 Å². The second kappa shape index (κ2) is 6.92. The third-order valence-corrected chi connectivity index (χ3v) is 6.21. The molecule has 0 spiro atoms. The van der Waals surface area contributed by atoms with Crippen molar-refractivity contribution >= 4 is 21.7 Å². The highest BCUT2D eigenvalue weighted by Crippen LogP contribution is 2.32. The molecule has 1 aliphatic carbocycles. The number of sulfonamides is 1. The van der Waals surface area contributed by atoms with Crippen molar-refractivity contribution in [2.45, 2.75) is 31.1 Å². The van der Waals surface area contributed by atoms with Crippen LogP contribution in [0.15, 0.2) is 35.2 Å². The van der Waals surface area contributed by atoms with Crippen molar-refractivity contribution in [2.75, 3.05) is 4.72 Å². The second-order valence-electron chi connectivity index (χ2n) is 6.68. The highest BCUT2D eigenvalue weighted by Gasteiger charge is 2.27. The number of halogens is 1. The number of nitrogens with zero attached hydrogens (tertiary/aromatic N) is 4. The Morgan fingerprint density at radius 1 is 1.24 bits per heavy atom. The third kappa shape index (κ3) is 3.44. The Kier molecular flexibility index (Phi) is 4.53. The molecular formula is C18H16FN5O4S. The van der Waals surface area contributed by atoms with Gasteiger partial charge < -0.3 is 5.11 Å². The van der Waals surface area contributed by atoms with Gasteiger partial charge >= 0.3 is 5.97 Å². The monoisotopic (exact) mass is 417 g/mol. The molecule has 0 atom stereocenters. The Morgan fingerprint density at radius 3 is 2.72 bits per heavy atom. The SMILES string of the molecule is Cc1nnnn1-c1ccc(F)c(NS(=O)(=O)c2cc(C(=O)O)cc3c2CCC3)c1. The van der Waals surface area contributed by atoms with E-state index in [4.69, 9.17) is 0 Å². The number of anilines is 1. The van der Waals surface area contributed by atoms with Crippen LogP contribution in [0.25, 0.3) is 5.69 Å². The Hall–Kier alpha value is -3.34. The van der Waals surface area contributed by atoms with Gasteiger partial charge in [0, 0.05) is 0 Å². The first-order valence-corrected chi connectivity index (χ1v) is 10.2. The fourth-order valence-corrected chi connectivity index (χ4v) is 4.82. The molecule has 29 heavy (non-hydrogen) atoms. The van der Waals surface area contributed by atoms with Gasteiger partial charge in [0.05, 0.1) is 21.8 Å². The molecule has 0 amide bonds. The van der Waals surface area contributed by atoms with Gasteiger partial charge in [0.25, 0.3) is 10.0 Å². The van der Waals surface area contributed by atoms with E-state index in [9.17, 15) is 22.7 Å². The Bertz CT molecular complexity index is 1240. The van der Waals surface area contributed by atoms with Gasteiger partial charge in [-0.25, -0.2) is 17.6 Å². The topological polar surface area (TPSA) is 127 Å². The van der Waals surface area contributed by atoms with Crippen LogP contribution < -0.4 is 4.72 Å². The lowest BCUT2D eigenvalue weighted by Gasteiger charge is -2.14. The zero-order valence-electron chi connectivity index (χ0n) is 15.3. The number of carboxylic acids is 1. The Morgan fingerprint density at radius 2 is 2.03 bits per heavy atom. The molecule has 0 unspecified atom stereocenters. The van der Waals surface area contributed by atoms with Crippen LogP contribution in [0.4, 0.5) is 10.1 Å². The van der Waals surface area contributed by atoms with Crippen molar-refractivity contribution in [3.63, 3.8) is 0 Å². The molecule has 1 aliphatic rings. The lowest BCUT2D eigenvalue weighted by molar-refractivity contribution is 0.0696. The number of aromatic nitrogens is 4. The zero-order valence-corrected chi connectivity index (χ0v) is 16.1. The molecule has 9 nitrogen and oxygen atoms in total. The van der Waals surface area contributed by atoms with E-state index in [1.165, 1.54) is 22.9 Å². The van der Waals surface area contributed by atoms with Gasteiger partial charge in [-0.05, 0) is 78.1 Å². The maximum atomic E-state index is 14.4. The van der Waals surface area contributed by atoms with Gasteiger partial charge in [-0.2, -0.15) is 4.68 Å². The predicted molar refractivity (Wildman–Crippen MR) is 100 cm³/mol. The lowest BCUT2D eigenvalue weighted by Crippen LogP contribution is -2.17. The minimum atomic E-state index is -4.23. The summed E-state index contributed by atoms with van der Waals surface area (Å²) >= 11 is 0. The van der Waals surface area contributed by atoms with E-state index >= 15 is 0 Å². The van der Waals surface area contributed by atoms with Gasteiger partial charge in [0.1, 0.15) is 5.82 Å². The highest BCUT2D eigenvalue weighted by atomic mass is 32.2. The van der Waals surface area contributed by atoms with Gasteiger partial charge in [-0.1, -0.05) is 0 Å². The minimum Gasteiger partial charge on any atom is -0.478 e. The average molecular weight is 417 g/mol. The molecule has 0 bridgehead atoms. The molecule has 2 N–H and O–H groups in total. The summed E-state index contributed by atoms with van der Waals surface area (Å²) < 4.78 is 44.0. The molecule has 0 radical (unpaired) electrons. The summed E-state index contributed by atoms with van der Waals surface area (Å²) in [5, 5.41) is 20.4. The lowest BCUT2D eigenvalue weighted by atomic mass is 10.1. The number of aryl methyl sites for hydroxylation is 2. The first-order valence-electron chi connectivity index (χ1n) is 8.73. The zero-order chi connectivity index (χ0) is 20.8. The van der Waals surface area contributed by atoms with Gasteiger partial charge in [-0.15, -0.1) is 5.10 Å². The van der Waals surface area contributed by atoms with Crippen LogP contribution in [0.1, 0.15) is 33.7 Å². The quantitative estimate of drug-likeness (QED) is 0.651. The maximum absolute atomic E-state index is 14.4. The number of benzene rings is 2. The predicted octanol–water partition coefficient (Wildman–Crippen LogP) is 2.10. The second-order valence-corrected chi connectivity index (χ2v) is 8.33. The summed E-state index contributed by atoms with van der Waals surface area (Å²) in [5.41, 5.74) is 1.21. The smallest absolute Gasteiger partial charge is 0.335 e. The number of nitrogens with one attached hydrogen (secondary N) is 1. The molecule has 1 heterocycles. The highest BCUT2D eigenvalue weighted by molar-refractivity contribution is 7.92. The number of hydrogen-bond donors (Lipinski definition) is 2. The average Bonchev–Trinajstić information content (AvgIpc) is 3.31. The molecule has 11 heteroatoms. The number of fused-ring (bicyclic) bond motifs is 1. The number of rotatable bonds is 5.